The Morgan fingerprint density at radius 3 is 2.65 bits per heavy atom. The molecule has 1 atom stereocenters. The fourth-order valence-electron chi connectivity index (χ4n) is 1.53. The summed E-state index contributed by atoms with van der Waals surface area (Å²) in [6, 6.07) is 4.86. The Morgan fingerprint density at radius 1 is 1.53 bits per heavy atom. The number of benzene rings is 1. The molecule has 0 aromatic heterocycles. The minimum Gasteiger partial charge on any atom is -0.469 e. The van der Waals surface area contributed by atoms with Crippen LogP contribution in [0.4, 0.5) is 0 Å². The third kappa shape index (κ3) is 3.00. The number of hydrogen-bond donors (Lipinski definition) is 1. The number of hydrogen-bond acceptors (Lipinski definition) is 3. The molecule has 17 heavy (non-hydrogen) atoms. The lowest BCUT2D eigenvalue weighted by atomic mass is 9.81. The summed E-state index contributed by atoms with van der Waals surface area (Å²) in [7, 11) is 1.35. The van der Waals surface area contributed by atoms with Crippen molar-refractivity contribution >= 4 is 33.5 Å². The molecule has 0 saturated heterocycles. The molecule has 0 aliphatic carbocycles. The number of rotatable bonds is 3. The molecule has 2 N–H and O–H groups in total. The predicted molar refractivity (Wildman–Crippen MR) is 71.9 cm³/mol. The lowest BCUT2D eigenvalue weighted by Gasteiger charge is -2.29. The number of methoxy groups -OCH3 is 1. The van der Waals surface area contributed by atoms with E-state index in [0.29, 0.717) is 5.02 Å². The van der Waals surface area contributed by atoms with E-state index in [1.165, 1.54) is 7.11 Å². The smallest absolute Gasteiger partial charge is 0.313 e. The fourth-order valence-corrected chi connectivity index (χ4v) is 2.15. The lowest BCUT2D eigenvalue weighted by Crippen LogP contribution is -2.37. The zero-order chi connectivity index (χ0) is 13.2. The van der Waals surface area contributed by atoms with Crippen LogP contribution in [0.1, 0.15) is 25.5 Å². The Morgan fingerprint density at radius 2 is 2.12 bits per heavy atom. The SMILES string of the molecule is COC(=O)C(C)(C)[C@@H](N)c1cc(Br)ccc1Cl. The van der Waals surface area contributed by atoms with Crippen LogP contribution >= 0.6 is 27.5 Å². The summed E-state index contributed by atoms with van der Waals surface area (Å²) in [6.45, 7) is 3.47. The quantitative estimate of drug-likeness (QED) is 0.869. The molecule has 1 aromatic carbocycles. The van der Waals surface area contributed by atoms with Crippen LogP contribution in [0.25, 0.3) is 0 Å². The number of carbonyl (C=O) groups excluding carboxylic acids is 1. The Bertz CT molecular complexity index is 435. The van der Waals surface area contributed by atoms with Gasteiger partial charge in [-0.2, -0.15) is 0 Å². The van der Waals surface area contributed by atoms with Crippen LogP contribution in [-0.2, 0) is 9.53 Å². The first kappa shape index (κ1) is 14.5. The molecule has 0 radical (unpaired) electrons. The third-order valence-electron chi connectivity index (χ3n) is 2.78. The molecule has 5 heteroatoms. The maximum absolute atomic E-state index is 11.7. The second-order valence-electron chi connectivity index (χ2n) is 4.36. The highest BCUT2D eigenvalue weighted by molar-refractivity contribution is 9.10. The molecule has 1 aromatic rings. The minimum absolute atomic E-state index is 0.360. The Labute approximate surface area is 114 Å². The van der Waals surface area contributed by atoms with Gasteiger partial charge in [0.2, 0.25) is 0 Å². The van der Waals surface area contributed by atoms with Gasteiger partial charge in [-0.25, -0.2) is 0 Å². The highest BCUT2D eigenvalue weighted by atomic mass is 79.9. The van der Waals surface area contributed by atoms with Gasteiger partial charge in [0.15, 0.2) is 0 Å². The maximum atomic E-state index is 11.7. The van der Waals surface area contributed by atoms with Crippen LogP contribution in [0.15, 0.2) is 22.7 Å². The van der Waals surface area contributed by atoms with Crippen LogP contribution in [0.5, 0.6) is 0 Å². The molecule has 94 valence electrons. The highest BCUT2D eigenvalue weighted by Gasteiger charge is 2.37. The van der Waals surface area contributed by atoms with Crippen molar-refractivity contribution in [3.63, 3.8) is 0 Å². The number of nitrogens with two attached hydrogens (primary N) is 1. The van der Waals surface area contributed by atoms with Crippen LogP contribution in [0, 0.1) is 5.41 Å². The van der Waals surface area contributed by atoms with Crippen molar-refractivity contribution in [2.75, 3.05) is 7.11 Å². The predicted octanol–water partition coefficient (Wildman–Crippen LogP) is 3.30. The van der Waals surface area contributed by atoms with E-state index in [9.17, 15) is 4.79 Å². The van der Waals surface area contributed by atoms with Gasteiger partial charge in [0.05, 0.1) is 12.5 Å². The van der Waals surface area contributed by atoms with Gasteiger partial charge < -0.3 is 10.5 Å². The monoisotopic (exact) mass is 319 g/mol. The van der Waals surface area contributed by atoms with Crippen molar-refractivity contribution in [3.05, 3.63) is 33.3 Å². The molecule has 0 heterocycles. The first-order chi connectivity index (χ1) is 7.80. The Balaban J connectivity index is 3.15. The van der Waals surface area contributed by atoms with E-state index in [1.807, 2.05) is 12.1 Å². The molecule has 3 nitrogen and oxygen atoms in total. The second kappa shape index (κ2) is 5.38. The van der Waals surface area contributed by atoms with E-state index < -0.39 is 11.5 Å². The maximum Gasteiger partial charge on any atom is 0.313 e. The largest absolute Gasteiger partial charge is 0.469 e. The van der Waals surface area contributed by atoms with Crippen molar-refractivity contribution in [1.29, 1.82) is 0 Å². The molecule has 0 aliphatic heterocycles. The van der Waals surface area contributed by atoms with Gasteiger partial charge in [-0.1, -0.05) is 27.5 Å². The summed E-state index contributed by atoms with van der Waals surface area (Å²) in [5.41, 5.74) is 6.00. The summed E-state index contributed by atoms with van der Waals surface area (Å²) in [6.07, 6.45) is 0. The van der Waals surface area contributed by atoms with Gasteiger partial charge in [-0.3, -0.25) is 4.79 Å². The summed E-state index contributed by atoms with van der Waals surface area (Å²) in [5, 5.41) is 0.540. The zero-order valence-electron chi connectivity index (χ0n) is 9.96. The minimum atomic E-state index is -0.834. The van der Waals surface area contributed by atoms with Crippen LogP contribution in [-0.4, -0.2) is 13.1 Å². The Kier molecular flexibility index (Phi) is 4.58. The van der Waals surface area contributed by atoms with E-state index in [2.05, 4.69) is 15.9 Å². The molecule has 0 unspecified atom stereocenters. The van der Waals surface area contributed by atoms with Gasteiger partial charge in [-0.15, -0.1) is 0 Å². The first-order valence-corrected chi connectivity index (χ1v) is 6.26. The molecule has 0 fully saturated rings. The topological polar surface area (TPSA) is 52.3 Å². The summed E-state index contributed by atoms with van der Waals surface area (Å²) in [4.78, 5) is 11.7. The van der Waals surface area contributed by atoms with E-state index in [1.54, 1.807) is 19.9 Å². The van der Waals surface area contributed by atoms with Gasteiger partial charge in [-0.05, 0) is 37.6 Å². The van der Waals surface area contributed by atoms with Crippen LogP contribution < -0.4 is 5.73 Å². The van der Waals surface area contributed by atoms with E-state index in [0.717, 1.165) is 10.0 Å². The van der Waals surface area contributed by atoms with Gasteiger partial charge in [0.25, 0.3) is 0 Å². The van der Waals surface area contributed by atoms with Crippen molar-refractivity contribution in [1.82, 2.24) is 0 Å². The van der Waals surface area contributed by atoms with Gasteiger partial charge in [0.1, 0.15) is 0 Å². The summed E-state index contributed by atoms with van der Waals surface area (Å²) in [5.74, 6) is -0.360. The fraction of sp³-hybridized carbons (Fsp3) is 0.417. The van der Waals surface area contributed by atoms with Crippen LogP contribution in [0.2, 0.25) is 5.02 Å². The van der Waals surface area contributed by atoms with Crippen molar-refractivity contribution < 1.29 is 9.53 Å². The molecule has 0 amide bonds. The number of esters is 1. The van der Waals surface area contributed by atoms with E-state index in [-0.39, 0.29) is 5.97 Å². The molecule has 1 rings (SSSR count). The summed E-state index contributed by atoms with van der Waals surface area (Å²) >= 11 is 9.45. The van der Waals surface area contributed by atoms with Gasteiger partial charge in [0, 0.05) is 15.5 Å². The van der Waals surface area contributed by atoms with E-state index >= 15 is 0 Å². The van der Waals surface area contributed by atoms with Crippen molar-refractivity contribution in [2.45, 2.75) is 19.9 Å². The Hall–Kier alpha value is -0.580. The molecule has 0 aliphatic rings. The zero-order valence-corrected chi connectivity index (χ0v) is 12.3. The van der Waals surface area contributed by atoms with Gasteiger partial charge >= 0.3 is 5.97 Å². The average Bonchev–Trinajstić information content (AvgIpc) is 2.30. The normalized spacial score (nSPS) is 13.3. The molecule has 0 spiro atoms. The summed E-state index contributed by atoms with van der Waals surface area (Å²) < 4.78 is 5.62. The lowest BCUT2D eigenvalue weighted by molar-refractivity contribution is -0.152. The molecular formula is C12H15BrClNO2. The third-order valence-corrected chi connectivity index (χ3v) is 3.62. The van der Waals surface area contributed by atoms with Crippen LogP contribution in [0.3, 0.4) is 0 Å². The second-order valence-corrected chi connectivity index (χ2v) is 5.68. The highest BCUT2D eigenvalue weighted by Crippen LogP contribution is 2.36. The molecule has 0 bridgehead atoms. The molecule has 0 saturated carbocycles. The van der Waals surface area contributed by atoms with E-state index in [4.69, 9.17) is 22.1 Å². The molecular weight excluding hydrogens is 305 g/mol. The van der Waals surface area contributed by atoms with Crippen molar-refractivity contribution in [3.8, 4) is 0 Å². The number of halogens is 2. The standard InChI is InChI=1S/C12H15BrClNO2/c1-12(2,11(16)17-3)10(15)8-6-7(13)4-5-9(8)14/h4-6,10H,15H2,1-3H3/t10-/m0/s1. The van der Waals surface area contributed by atoms with Crippen molar-refractivity contribution in [2.24, 2.45) is 11.1 Å². The number of ether oxygens (including phenoxy) is 1. The first-order valence-electron chi connectivity index (χ1n) is 5.09. The average molecular weight is 321 g/mol. The number of carbonyl (C=O) groups is 1.